The van der Waals surface area contributed by atoms with Crippen molar-refractivity contribution in [3.63, 3.8) is 0 Å². The molecule has 2 aliphatic rings. The van der Waals surface area contributed by atoms with Crippen LogP contribution in [0.5, 0.6) is 0 Å². The van der Waals surface area contributed by atoms with Crippen LogP contribution >= 0.6 is 0 Å². The lowest BCUT2D eigenvalue weighted by Gasteiger charge is -2.34. The van der Waals surface area contributed by atoms with Crippen LogP contribution in [-0.2, 0) is 20.9 Å². The van der Waals surface area contributed by atoms with Crippen LogP contribution in [0.1, 0.15) is 32.1 Å². The molecule has 0 radical (unpaired) electrons. The van der Waals surface area contributed by atoms with Gasteiger partial charge in [-0.2, -0.15) is 5.10 Å². The molecule has 0 aliphatic carbocycles. The number of piperidine rings is 1. The Morgan fingerprint density at radius 3 is 2.61 bits per heavy atom. The zero-order valence-electron chi connectivity index (χ0n) is 13.1. The van der Waals surface area contributed by atoms with E-state index in [1.165, 1.54) is 0 Å². The summed E-state index contributed by atoms with van der Waals surface area (Å²) in [6.45, 7) is 2.08. The van der Waals surface area contributed by atoms with Crippen molar-refractivity contribution in [3.8, 4) is 0 Å². The molecule has 0 saturated carbocycles. The van der Waals surface area contributed by atoms with E-state index in [4.69, 9.17) is 9.84 Å². The molecule has 2 aliphatic heterocycles. The summed E-state index contributed by atoms with van der Waals surface area (Å²) in [5.74, 6) is -0.331. The molecular weight excluding hydrogens is 298 g/mol. The van der Waals surface area contributed by atoms with Crippen LogP contribution in [0.4, 0.5) is 0 Å². The number of carbonyl (C=O) groups excluding carboxylic acids is 1. The first-order valence-electron chi connectivity index (χ1n) is 8.27. The van der Waals surface area contributed by atoms with Crippen molar-refractivity contribution in [2.75, 3.05) is 13.1 Å². The predicted octanol–water partition coefficient (Wildman–Crippen LogP) is 1.14. The molecule has 1 N–H and O–H groups in total. The lowest BCUT2D eigenvalue weighted by atomic mass is 9.89. The van der Waals surface area contributed by atoms with E-state index in [1.54, 1.807) is 10.9 Å². The number of amides is 1. The van der Waals surface area contributed by atoms with Gasteiger partial charge in [0.1, 0.15) is 0 Å². The highest BCUT2D eigenvalue weighted by atomic mass is 16.5. The minimum atomic E-state index is -0.862. The minimum absolute atomic E-state index is 0.0393. The summed E-state index contributed by atoms with van der Waals surface area (Å²) in [6, 6.07) is 1.85. The summed E-state index contributed by atoms with van der Waals surface area (Å²) >= 11 is 0. The van der Waals surface area contributed by atoms with E-state index < -0.39 is 12.1 Å². The average molecular weight is 321 g/mol. The molecule has 0 bridgehead atoms. The summed E-state index contributed by atoms with van der Waals surface area (Å²) in [4.78, 5) is 25.1. The maximum atomic E-state index is 12.2. The van der Waals surface area contributed by atoms with Crippen LogP contribution in [-0.4, -0.2) is 57.0 Å². The number of ether oxygens (including phenoxy) is 1. The van der Waals surface area contributed by atoms with Crippen LogP contribution in [0.25, 0.3) is 0 Å². The third kappa shape index (κ3) is 3.90. The third-order valence-corrected chi connectivity index (χ3v) is 4.86. The molecule has 7 heteroatoms. The van der Waals surface area contributed by atoms with Crippen molar-refractivity contribution >= 4 is 11.9 Å². The van der Waals surface area contributed by atoms with Gasteiger partial charge in [0.05, 0.1) is 6.10 Å². The molecule has 126 valence electrons. The van der Waals surface area contributed by atoms with Gasteiger partial charge < -0.3 is 14.7 Å². The Morgan fingerprint density at radius 2 is 2.00 bits per heavy atom. The monoisotopic (exact) mass is 321 g/mol. The highest BCUT2D eigenvalue weighted by molar-refractivity contribution is 5.76. The standard InChI is InChI=1S/C16H23N3O4/c20-15(6-11-19-8-1-7-17-19)18-9-4-12(5-10-18)13-2-3-14(23-13)16(21)22/h1,7-8,12-14H,2-6,9-11H2,(H,21,22)/t13-,14+/m0/s1. The van der Waals surface area contributed by atoms with Crippen LogP contribution in [0.2, 0.25) is 0 Å². The Kier molecular flexibility index (Phi) is 4.95. The number of likely N-dealkylation sites (tertiary alicyclic amines) is 1. The van der Waals surface area contributed by atoms with Crippen LogP contribution < -0.4 is 0 Å². The van der Waals surface area contributed by atoms with E-state index in [-0.39, 0.29) is 12.0 Å². The summed E-state index contributed by atoms with van der Waals surface area (Å²) in [5.41, 5.74) is 0. The Balaban J connectivity index is 1.41. The molecular formula is C16H23N3O4. The number of hydrogen-bond acceptors (Lipinski definition) is 4. The topological polar surface area (TPSA) is 84.7 Å². The van der Waals surface area contributed by atoms with Crippen LogP contribution in [0.15, 0.2) is 18.5 Å². The molecule has 0 aromatic carbocycles. The smallest absolute Gasteiger partial charge is 0.332 e. The van der Waals surface area contributed by atoms with Crippen LogP contribution in [0.3, 0.4) is 0 Å². The first kappa shape index (κ1) is 16.0. The van der Waals surface area contributed by atoms with E-state index in [1.807, 2.05) is 17.2 Å². The van der Waals surface area contributed by atoms with E-state index in [0.29, 0.717) is 25.3 Å². The molecule has 0 spiro atoms. The fraction of sp³-hybridized carbons (Fsp3) is 0.688. The summed E-state index contributed by atoms with van der Waals surface area (Å²) < 4.78 is 7.41. The highest BCUT2D eigenvalue weighted by Gasteiger charge is 2.37. The zero-order chi connectivity index (χ0) is 16.2. The first-order valence-corrected chi connectivity index (χ1v) is 8.27. The fourth-order valence-electron chi connectivity index (χ4n) is 3.51. The van der Waals surface area contributed by atoms with Gasteiger partial charge in [-0.05, 0) is 37.7 Å². The van der Waals surface area contributed by atoms with Crippen molar-refractivity contribution in [3.05, 3.63) is 18.5 Å². The maximum absolute atomic E-state index is 12.2. The molecule has 1 aromatic heterocycles. The molecule has 2 atom stereocenters. The van der Waals surface area contributed by atoms with Crippen LogP contribution in [0, 0.1) is 5.92 Å². The van der Waals surface area contributed by atoms with Crippen molar-refractivity contribution in [2.45, 2.75) is 50.9 Å². The third-order valence-electron chi connectivity index (χ3n) is 4.86. The highest BCUT2D eigenvalue weighted by Crippen LogP contribution is 2.32. The van der Waals surface area contributed by atoms with Gasteiger partial charge >= 0.3 is 5.97 Å². The van der Waals surface area contributed by atoms with Gasteiger partial charge in [0, 0.05) is 38.4 Å². The number of carboxylic acids is 1. The number of rotatable bonds is 5. The fourth-order valence-corrected chi connectivity index (χ4v) is 3.51. The molecule has 2 saturated heterocycles. The number of carboxylic acid groups (broad SMARTS) is 1. The van der Waals surface area contributed by atoms with Gasteiger partial charge in [-0.3, -0.25) is 9.48 Å². The van der Waals surface area contributed by atoms with Gasteiger partial charge in [-0.15, -0.1) is 0 Å². The molecule has 23 heavy (non-hydrogen) atoms. The van der Waals surface area contributed by atoms with Gasteiger partial charge in [-0.1, -0.05) is 0 Å². The number of aromatic nitrogens is 2. The molecule has 3 heterocycles. The van der Waals surface area contributed by atoms with Gasteiger partial charge in [-0.25, -0.2) is 4.79 Å². The van der Waals surface area contributed by atoms with Crippen molar-refractivity contribution < 1.29 is 19.4 Å². The summed E-state index contributed by atoms with van der Waals surface area (Å²) in [6.07, 6.45) is 6.63. The lowest BCUT2D eigenvalue weighted by molar-refractivity contribution is -0.151. The summed E-state index contributed by atoms with van der Waals surface area (Å²) in [7, 11) is 0. The van der Waals surface area contributed by atoms with Crippen molar-refractivity contribution in [1.82, 2.24) is 14.7 Å². The van der Waals surface area contributed by atoms with E-state index in [0.717, 1.165) is 32.4 Å². The second-order valence-electron chi connectivity index (χ2n) is 6.32. The quantitative estimate of drug-likeness (QED) is 0.879. The number of hydrogen-bond donors (Lipinski definition) is 1. The SMILES string of the molecule is O=C(O)[C@H]1CC[C@@H](C2CCN(C(=O)CCn3cccn3)CC2)O1. The molecule has 1 amide bonds. The predicted molar refractivity (Wildman–Crippen MR) is 81.7 cm³/mol. The number of nitrogens with zero attached hydrogens (tertiary/aromatic N) is 3. The largest absolute Gasteiger partial charge is 0.479 e. The second-order valence-corrected chi connectivity index (χ2v) is 6.32. The molecule has 2 fully saturated rings. The molecule has 7 nitrogen and oxygen atoms in total. The average Bonchev–Trinajstić information content (AvgIpc) is 3.24. The lowest BCUT2D eigenvalue weighted by Crippen LogP contribution is -2.41. The second kappa shape index (κ2) is 7.12. The van der Waals surface area contributed by atoms with Gasteiger partial charge in [0.2, 0.25) is 5.91 Å². The molecule has 0 unspecified atom stereocenters. The normalized spacial score (nSPS) is 25.7. The maximum Gasteiger partial charge on any atom is 0.332 e. The van der Waals surface area contributed by atoms with Crippen molar-refractivity contribution in [1.29, 1.82) is 0 Å². The van der Waals surface area contributed by atoms with Crippen molar-refractivity contribution in [2.24, 2.45) is 5.92 Å². The van der Waals surface area contributed by atoms with E-state index in [2.05, 4.69) is 5.10 Å². The van der Waals surface area contributed by atoms with Gasteiger partial charge in [0.25, 0.3) is 0 Å². The Labute approximate surface area is 135 Å². The summed E-state index contributed by atoms with van der Waals surface area (Å²) in [5, 5.41) is 13.1. The number of aryl methyl sites for hydroxylation is 1. The van der Waals surface area contributed by atoms with Gasteiger partial charge in [0.15, 0.2) is 6.10 Å². The van der Waals surface area contributed by atoms with E-state index in [9.17, 15) is 9.59 Å². The first-order chi connectivity index (χ1) is 11.1. The number of carbonyl (C=O) groups is 2. The Bertz CT molecular complexity index is 538. The molecule has 1 aromatic rings. The Morgan fingerprint density at radius 1 is 1.22 bits per heavy atom. The Hall–Kier alpha value is -1.89. The van der Waals surface area contributed by atoms with E-state index >= 15 is 0 Å². The number of aliphatic carboxylic acids is 1. The molecule has 3 rings (SSSR count). The zero-order valence-corrected chi connectivity index (χ0v) is 13.1. The minimum Gasteiger partial charge on any atom is -0.479 e.